The Morgan fingerprint density at radius 3 is 2.56 bits per heavy atom. The summed E-state index contributed by atoms with van der Waals surface area (Å²) in [5.41, 5.74) is 0.843. The van der Waals surface area contributed by atoms with Crippen molar-refractivity contribution in [3.05, 3.63) is 34.0 Å². The summed E-state index contributed by atoms with van der Waals surface area (Å²) in [6.45, 7) is 3.80. The standard InChI is InChI=1S/C12H11BrClN3O/c1-7(2)18-12-16-10(15-11(14)17-12)8-5-3-4-6-9(8)13/h3-7H,1-2H3. The Labute approximate surface area is 119 Å². The van der Waals surface area contributed by atoms with Crippen LogP contribution in [0.5, 0.6) is 6.01 Å². The molecule has 0 amide bonds. The van der Waals surface area contributed by atoms with Crippen molar-refractivity contribution in [3.63, 3.8) is 0 Å². The summed E-state index contributed by atoms with van der Waals surface area (Å²) in [6, 6.07) is 7.86. The normalized spacial score (nSPS) is 10.7. The summed E-state index contributed by atoms with van der Waals surface area (Å²) in [4.78, 5) is 12.3. The first-order chi connectivity index (χ1) is 8.56. The second kappa shape index (κ2) is 5.63. The van der Waals surface area contributed by atoms with Crippen LogP contribution >= 0.6 is 27.5 Å². The quantitative estimate of drug-likeness (QED) is 0.861. The highest BCUT2D eigenvalue weighted by Crippen LogP contribution is 2.26. The van der Waals surface area contributed by atoms with Gasteiger partial charge < -0.3 is 4.74 Å². The third kappa shape index (κ3) is 3.17. The first kappa shape index (κ1) is 13.2. The third-order valence-electron chi connectivity index (χ3n) is 2.04. The molecule has 0 bridgehead atoms. The maximum Gasteiger partial charge on any atom is 0.321 e. The summed E-state index contributed by atoms with van der Waals surface area (Å²) < 4.78 is 6.33. The molecule has 0 unspecified atom stereocenters. The molecule has 0 saturated heterocycles. The molecule has 1 aromatic carbocycles. The maximum atomic E-state index is 5.88. The van der Waals surface area contributed by atoms with Gasteiger partial charge in [0.1, 0.15) is 0 Å². The number of benzene rings is 1. The van der Waals surface area contributed by atoms with Crippen molar-refractivity contribution in [1.29, 1.82) is 0 Å². The Bertz CT molecular complexity index is 563. The molecular weight excluding hydrogens is 318 g/mol. The minimum atomic E-state index is -0.0180. The lowest BCUT2D eigenvalue weighted by Crippen LogP contribution is -2.09. The SMILES string of the molecule is CC(C)Oc1nc(Cl)nc(-c2ccccc2Br)n1. The minimum Gasteiger partial charge on any atom is -0.461 e. The lowest BCUT2D eigenvalue weighted by Gasteiger charge is -2.09. The van der Waals surface area contributed by atoms with Gasteiger partial charge in [-0.1, -0.05) is 34.1 Å². The van der Waals surface area contributed by atoms with E-state index in [9.17, 15) is 0 Å². The molecule has 0 radical (unpaired) electrons. The van der Waals surface area contributed by atoms with Crippen molar-refractivity contribution in [2.75, 3.05) is 0 Å². The second-order valence-corrected chi connectivity index (χ2v) is 5.05. The number of hydrogen-bond donors (Lipinski definition) is 0. The summed E-state index contributed by atoms with van der Waals surface area (Å²) >= 11 is 9.33. The number of aromatic nitrogens is 3. The van der Waals surface area contributed by atoms with Gasteiger partial charge in [-0.2, -0.15) is 15.0 Å². The Kier molecular flexibility index (Phi) is 4.14. The molecular formula is C12H11BrClN3O. The van der Waals surface area contributed by atoms with Crippen LogP contribution in [0.2, 0.25) is 5.28 Å². The molecule has 1 aromatic heterocycles. The lowest BCUT2D eigenvalue weighted by molar-refractivity contribution is 0.222. The predicted molar refractivity (Wildman–Crippen MR) is 73.7 cm³/mol. The van der Waals surface area contributed by atoms with Gasteiger partial charge in [0, 0.05) is 10.0 Å². The molecule has 0 saturated carbocycles. The fraction of sp³-hybridized carbons (Fsp3) is 0.250. The molecule has 0 spiro atoms. The van der Waals surface area contributed by atoms with E-state index in [0.29, 0.717) is 5.82 Å². The van der Waals surface area contributed by atoms with Gasteiger partial charge in [0.15, 0.2) is 5.82 Å². The number of ether oxygens (including phenoxy) is 1. The van der Waals surface area contributed by atoms with Gasteiger partial charge in [0.2, 0.25) is 5.28 Å². The zero-order chi connectivity index (χ0) is 13.1. The van der Waals surface area contributed by atoms with Crippen LogP contribution in [0.25, 0.3) is 11.4 Å². The molecule has 4 nitrogen and oxygen atoms in total. The van der Waals surface area contributed by atoms with Crippen molar-refractivity contribution in [3.8, 4) is 17.4 Å². The third-order valence-corrected chi connectivity index (χ3v) is 2.90. The summed E-state index contributed by atoms with van der Waals surface area (Å²) in [5, 5.41) is 0.117. The van der Waals surface area contributed by atoms with Crippen LogP contribution in [0.4, 0.5) is 0 Å². The summed E-state index contributed by atoms with van der Waals surface area (Å²) in [6.07, 6.45) is -0.0180. The maximum absolute atomic E-state index is 5.88. The van der Waals surface area contributed by atoms with Crippen LogP contribution in [-0.2, 0) is 0 Å². The van der Waals surface area contributed by atoms with Crippen LogP contribution < -0.4 is 4.74 Å². The van der Waals surface area contributed by atoms with E-state index < -0.39 is 0 Å². The second-order valence-electron chi connectivity index (χ2n) is 3.86. The molecule has 0 aliphatic carbocycles. The Hall–Kier alpha value is -1.20. The molecule has 0 N–H and O–H groups in total. The predicted octanol–water partition coefficient (Wildman–Crippen LogP) is 3.74. The molecule has 0 aliphatic heterocycles. The van der Waals surface area contributed by atoms with Gasteiger partial charge in [0.05, 0.1) is 6.10 Å². The first-order valence-corrected chi connectivity index (χ1v) is 6.56. The van der Waals surface area contributed by atoms with Crippen LogP contribution in [-0.4, -0.2) is 21.1 Å². The number of nitrogens with zero attached hydrogens (tertiary/aromatic N) is 3. The van der Waals surface area contributed by atoms with E-state index in [1.54, 1.807) is 0 Å². The van der Waals surface area contributed by atoms with Gasteiger partial charge >= 0.3 is 6.01 Å². The molecule has 2 rings (SSSR count). The Morgan fingerprint density at radius 1 is 1.17 bits per heavy atom. The average Bonchev–Trinajstić information content (AvgIpc) is 2.27. The van der Waals surface area contributed by atoms with Crippen molar-refractivity contribution in [2.24, 2.45) is 0 Å². The fourth-order valence-electron chi connectivity index (χ4n) is 1.36. The van der Waals surface area contributed by atoms with E-state index in [0.717, 1.165) is 10.0 Å². The van der Waals surface area contributed by atoms with Crippen molar-refractivity contribution in [2.45, 2.75) is 20.0 Å². The van der Waals surface area contributed by atoms with E-state index in [1.807, 2.05) is 38.1 Å². The molecule has 0 fully saturated rings. The first-order valence-electron chi connectivity index (χ1n) is 5.39. The van der Waals surface area contributed by atoms with Crippen LogP contribution in [0.3, 0.4) is 0 Å². The molecule has 1 heterocycles. The summed E-state index contributed by atoms with van der Waals surface area (Å²) in [5.74, 6) is 0.484. The number of halogens is 2. The largest absolute Gasteiger partial charge is 0.461 e. The molecule has 2 aromatic rings. The van der Waals surface area contributed by atoms with E-state index in [2.05, 4.69) is 30.9 Å². The number of rotatable bonds is 3. The van der Waals surface area contributed by atoms with Gasteiger partial charge in [-0.05, 0) is 31.5 Å². The Morgan fingerprint density at radius 2 is 1.89 bits per heavy atom. The van der Waals surface area contributed by atoms with Crippen molar-refractivity contribution < 1.29 is 4.74 Å². The zero-order valence-electron chi connectivity index (χ0n) is 9.89. The van der Waals surface area contributed by atoms with Gasteiger partial charge in [0.25, 0.3) is 0 Å². The van der Waals surface area contributed by atoms with E-state index in [1.165, 1.54) is 0 Å². The average molecular weight is 329 g/mol. The highest BCUT2D eigenvalue weighted by atomic mass is 79.9. The molecule has 0 atom stereocenters. The highest BCUT2D eigenvalue weighted by molar-refractivity contribution is 9.10. The van der Waals surface area contributed by atoms with E-state index in [-0.39, 0.29) is 17.4 Å². The minimum absolute atomic E-state index is 0.0180. The van der Waals surface area contributed by atoms with E-state index >= 15 is 0 Å². The molecule has 94 valence electrons. The van der Waals surface area contributed by atoms with Crippen LogP contribution in [0, 0.1) is 0 Å². The van der Waals surface area contributed by atoms with Gasteiger partial charge in [-0.15, -0.1) is 0 Å². The van der Waals surface area contributed by atoms with Gasteiger partial charge in [-0.25, -0.2) is 0 Å². The van der Waals surface area contributed by atoms with Crippen molar-refractivity contribution >= 4 is 27.5 Å². The van der Waals surface area contributed by atoms with Crippen molar-refractivity contribution in [1.82, 2.24) is 15.0 Å². The fourth-order valence-corrected chi connectivity index (χ4v) is 1.97. The molecule has 0 aliphatic rings. The lowest BCUT2D eigenvalue weighted by atomic mass is 10.2. The van der Waals surface area contributed by atoms with Crippen LogP contribution in [0.15, 0.2) is 28.7 Å². The van der Waals surface area contributed by atoms with E-state index in [4.69, 9.17) is 16.3 Å². The topological polar surface area (TPSA) is 47.9 Å². The molecule has 6 heteroatoms. The summed E-state index contributed by atoms with van der Waals surface area (Å²) in [7, 11) is 0. The smallest absolute Gasteiger partial charge is 0.321 e. The number of hydrogen-bond acceptors (Lipinski definition) is 4. The monoisotopic (exact) mass is 327 g/mol. The Balaban J connectivity index is 2.45. The molecule has 18 heavy (non-hydrogen) atoms. The van der Waals surface area contributed by atoms with Gasteiger partial charge in [-0.3, -0.25) is 0 Å². The van der Waals surface area contributed by atoms with Crippen LogP contribution in [0.1, 0.15) is 13.8 Å². The zero-order valence-corrected chi connectivity index (χ0v) is 12.2. The highest BCUT2D eigenvalue weighted by Gasteiger charge is 2.11.